The lowest BCUT2D eigenvalue weighted by molar-refractivity contribution is -0.869. The minimum absolute atomic E-state index is 0.0606. The molecule has 84 valence electrons. The van der Waals surface area contributed by atoms with Crippen molar-refractivity contribution in [1.29, 1.82) is 0 Å². The highest BCUT2D eigenvalue weighted by Gasteiger charge is 2.31. The summed E-state index contributed by atoms with van der Waals surface area (Å²) in [7, 11) is 0.877. The van der Waals surface area contributed by atoms with Gasteiger partial charge in [-0.2, -0.15) is 8.42 Å². The number of aliphatic carboxylic acids is 1. The molecule has 0 aliphatic rings. The maximum atomic E-state index is 10.8. The van der Waals surface area contributed by atoms with Crippen molar-refractivity contribution in [3.63, 3.8) is 0 Å². The van der Waals surface area contributed by atoms with Crippen molar-refractivity contribution in [2.75, 3.05) is 27.7 Å². The van der Waals surface area contributed by atoms with Gasteiger partial charge in [0, 0.05) is 0 Å². The summed E-state index contributed by atoms with van der Waals surface area (Å²) in [5, 5.41) is 7.21. The SMILES string of the molecule is C[N+](C)(C)C[C@@H](CC(=O)O)S(=O)(=O)O. The molecule has 0 aliphatic heterocycles. The predicted molar refractivity (Wildman–Crippen MR) is 50.5 cm³/mol. The van der Waals surface area contributed by atoms with Crippen molar-refractivity contribution in [3.8, 4) is 0 Å². The Balaban J connectivity index is 4.68. The van der Waals surface area contributed by atoms with Crippen molar-refractivity contribution in [2.45, 2.75) is 11.7 Å². The van der Waals surface area contributed by atoms with E-state index >= 15 is 0 Å². The van der Waals surface area contributed by atoms with E-state index in [9.17, 15) is 13.2 Å². The van der Waals surface area contributed by atoms with E-state index in [1.165, 1.54) is 0 Å². The van der Waals surface area contributed by atoms with E-state index in [1.807, 2.05) is 0 Å². The molecule has 0 aromatic heterocycles. The van der Waals surface area contributed by atoms with Crippen LogP contribution in [0.1, 0.15) is 6.42 Å². The smallest absolute Gasteiger partial charge is 0.304 e. The first-order valence-electron chi connectivity index (χ1n) is 4.01. The van der Waals surface area contributed by atoms with Crippen molar-refractivity contribution in [3.05, 3.63) is 0 Å². The van der Waals surface area contributed by atoms with Gasteiger partial charge in [-0.1, -0.05) is 0 Å². The first kappa shape index (κ1) is 13.3. The highest BCUT2D eigenvalue weighted by atomic mass is 32.2. The molecular formula is C7H16NO5S+. The molecule has 0 rings (SSSR count). The van der Waals surface area contributed by atoms with Gasteiger partial charge in [0.05, 0.1) is 34.1 Å². The zero-order valence-electron chi connectivity index (χ0n) is 8.47. The Hall–Kier alpha value is -0.660. The van der Waals surface area contributed by atoms with E-state index in [4.69, 9.17) is 9.66 Å². The van der Waals surface area contributed by atoms with E-state index in [2.05, 4.69) is 0 Å². The molecule has 0 aromatic rings. The Bertz CT molecular complexity index is 303. The number of carboxylic acid groups (broad SMARTS) is 1. The van der Waals surface area contributed by atoms with Crippen molar-refractivity contribution < 1.29 is 27.4 Å². The molecule has 0 saturated heterocycles. The molecule has 0 spiro atoms. The number of nitrogens with zero attached hydrogens (tertiary/aromatic N) is 1. The second-order valence-electron chi connectivity index (χ2n) is 4.21. The number of carbonyl (C=O) groups is 1. The highest BCUT2D eigenvalue weighted by molar-refractivity contribution is 7.86. The Morgan fingerprint density at radius 3 is 2.00 bits per heavy atom. The van der Waals surface area contributed by atoms with Gasteiger partial charge >= 0.3 is 5.97 Å². The van der Waals surface area contributed by atoms with Crippen LogP contribution in [0.5, 0.6) is 0 Å². The first-order chi connectivity index (χ1) is 6.02. The van der Waals surface area contributed by atoms with Crippen LogP contribution in [0, 0.1) is 0 Å². The van der Waals surface area contributed by atoms with Gasteiger partial charge in [-0.05, 0) is 0 Å². The molecule has 2 N–H and O–H groups in total. The second kappa shape index (κ2) is 4.24. The predicted octanol–water partition coefficient (Wildman–Crippen LogP) is -0.576. The third-order valence-electron chi connectivity index (χ3n) is 1.57. The van der Waals surface area contributed by atoms with Gasteiger partial charge in [-0.3, -0.25) is 9.35 Å². The van der Waals surface area contributed by atoms with Crippen LogP contribution in [0.4, 0.5) is 0 Å². The number of quaternary nitrogens is 1. The minimum atomic E-state index is -4.29. The van der Waals surface area contributed by atoms with E-state index in [1.54, 1.807) is 21.1 Å². The van der Waals surface area contributed by atoms with E-state index < -0.39 is 27.8 Å². The topological polar surface area (TPSA) is 91.7 Å². The zero-order chi connectivity index (χ0) is 11.6. The quantitative estimate of drug-likeness (QED) is 0.483. The number of rotatable bonds is 5. The van der Waals surface area contributed by atoms with Crippen LogP contribution >= 0.6 is 0 Å². The third kappa shape index (κ3) is 5.90. The molecule has 0 heterocycles. The van der Waals surface area contributed by atoms with Crippen LogP contribution in [-0.2, 0) is 14.9 Å². The summed E-state index contributed by atoms with van der Waals surface area (Å²) in [4.78, 5) is 10.4. The molecule has 7 heteroatoms. The molecule has 14 heavy (non-hydrogen) atoms. The maximum absolute atomic E-state index is 10.8. The van der Waals surface area contributed by atoms with Crippen LogP contribution in [0.3, 0.4) is 0 Å². The fraction of sp³-hybridized carbons (Fsp3) is 0.857. The molecule has 6 nitrogen and oxygen atoms in total. The fourth-order valence-electron chi connectivity index (χ4n) is 1.07. The van der Waals surface area contributed by atoms with Crippen molar-refractivity contribution >= 4 is 16.1 Å². The van der Waals surface area contributed by atoms with Crippen LogP contribution in [0.25, 0.3) is 0 Å². The van der Waals surface area contributed by atoms with E-state index in [0.29, 0.717) is 0 Å². The molecule has 0 aliphatic carbocycles. The summed E-state index contributed by atoms with van der Waals surface area (Å²) in [6.45, 7) is 0.0606. The first-order valence-corrected chi connectivity index (χ1v) is 5.51. The van der Waals surface area contributed by atoms with Crippen molar-refractivity contribution in [1.82, 2.24) is 0 Å². The lowest BCUT2D eigenvalue weighted by atomic mass is 10.3. The third-order valence-corrected chi connectivity index (χ3v) is 2.73. The summed E-state index contributed by atoms with van der Waals surface area (Å²) < 4.78 is 30.7. The lowest BCUT2D eigenvalue weighted by Gasteiger charge is -2.27. The molecule has 0 fully saturated rings. The van der Waals surface area contributed by atoms with E-state index in [0.717, 1.165) is 0 Å². The Morgan fingerprint density at radius 2 is 1.79 bits per heavy atom. The van der Waals surface area contributed by atoms with E-state index in [-0.39, 0.29) is 11.0 Å². The van der Waals surface area contributed by atoms with Gasteiger partial charge in [-0.15, -0.1) is 0 Å². The fourth-order valence-corrected chi connectivity index (χ4v) is 2.06. The minimum Gasteiger partial charge on any atom is -0.481 e. The van der Waals surface area contributed by atoms with Crippen LogP contribution in [-0.4, -0.2) is 61.5 Å². The van der Waals surface area contributed by atoms with Crippen LogP contribution in [0.15, 0.2) is 0 Å². The molecule has 0 unspecified atom stereocenters. The summed E-state index contributed by atoms with van der Waals surface area (Å²) >= 11 is 0. The standard InChI is InChI=1S/C7H15NO5S/c1-8(2,3)5-6(4-7(9)10)14(11,12)13/h6H,4-5H2,1-3H3,(H-,9,10,11,12,13)/p+1/t6-/m1/s1. The highest BCUT2D eigenvalue weighted by Crippen LogP contribution is 2.08. The number of carboxylic acids is 1. The molecule has 0 radical (unpaired) electrons. The van der Waals surface area contributed by atoms with Crippen LogP contribution in [0.2, 0.25) is 0 Å². The Morgan fingerprint density at radius 1 is 1.36 bits per heavy atom. The molecule has 0 bridgehead atoms. The average molecular weight is 226 g/mol. The monoisotopic (exact) mass is 226 g/mol. The number of hydrogen-bond donors (Lipinski definition) is 2. The van der Waals surface area contributed by atoms with Gasteiger partial charge < -0.3 is 9.59 Å². The van der Waals surface area contributed by atoms with Gasteiger partial charge in [0.25, 0.3) is 10.1 Å². The maximum Gasteiger partial charge on any atom is 0.304 e. The van der Waals surface area contributed by atoms with Gasteiger partial charge in [0.2, 0.25) is 0 Å². The summed E-state index contributed by atoms with van der Waals surface area (Å²) in [6.07, 6.45) is -0.575. The summed E-state index contributed by atoms with van der Waals surface area (Å²) in [6, 6.07) is 0. The number of hydrogen-bond acceptors (Lipinski definition) is 3. The lowest BCUT2D eigenvalue weighted by Crippen LogP contribution is -2.45. The molecule has 1 atom stereocenters. The average Bonchev–Trinajstić information content (AvgIpc) is 1.78. The zero-order valence-corrected chi connectivity index (χ0v) is 9.28. The normalized spacial score (nSPS) is 15.1. The molecular weight excluding hydrogens is 210 g/mol. The second-order valence-corrected chi connectivity index (χ2v) is 5.90. The Labute approximate surface area is 83.5 Å². The Kier molecular flexibility index (Phi) is 4.04. The summed E-state index contributed by atoms with van der Waals surface area (Å²) in [5.74, 6) is -1.24. The summed E-state index contributed by atoms with van der Waals surface area (Å²) in [5.41, 5.74) is 0. The molecule has 0 aromatic carbocycles. The van der Waals surface area contributed by atoms with Gasteiger partial charge in [-0.25, -0.2) is 0 Å². The molecule has 0 saturated carbocycles. The van der Waals surface area contributed by atoms with Crippen LogP contribution < -0.4 is 0 Å². The molecule has 0 amide bonds. The van der Waals surface area contributed by atoms with Gasteiger partial charge in [0.1, 0.15) is 5.25 Å². The van der Waals surface area contributed by atoms with Crippen molar-refractivity contribution in [2.24, 2.45) is 0 Å². The van der Waals surface area contributed by atoms with Gasteiger partial charge in [0.15, 0.2) is 0 Å². The largest absolute Gasteiger partial charge is 0.481 e.